The summed E-state index contributed by atoms with van der Waals surface area (Å²) in [5.41, 5.74) is -1.32. The molecule has 15 heteroatoms. The molecule has 2 saturated heterocycles. The predicted molar refractivity (Wildman–Crippen MR) is 164 cm³/mol. The molecule has 0 unspecified atom stereocenters. The summed E-state index contributed by atoms with van der Waals surface area (Å²) in [7, 11) is -4.34. The number of aromatic nitrogens is 2. The van der Waals surface area contributed by atoms with E-state index >= 15 is 0 Å². The second kappa shape index (κ2) is 13.2. The van der Waals surface area contributed by atoms with Crippen LogP contribution in [0.25, 0.3) is 0 Å². The molecule has 0 aliphatic carbocycles. The van der Waals surface area contributed by atoms with Crippen molar-refractivity contribution in [3.63, 3.8) is 0 Å². The van der Waals surface area contributed by atoms with Gasteiger partial charge in [0.15, 0.2) is 22.9 Å². The summed E-state index contributed by atoms with van der Waals surface area (Å²) in [6.07, 6.45) is -7.23. The molecule has 13 nitrogen and oxygen atoms in total. The maximum atomic E-state index is 13.0. The van der Waals surface area contributed by atoms with Crippen molar-refractivity contribution < 1.29 is 43.5 Å². The zero-order chi connectivity index (χ0) is 32.7. The van der Waals surface area contributed by atoms with E-state index in [-0.39, 0.29) is 21.7 Å². The van der Waals surface area contributed by atoms with Crippen molar-refractivity contribution in [1.29, 1.82) is 0 Å². The minimum absolute atomic E-state index is 0.00744. The molecule has 0 saturated carbocycles. The molecule has 2 fully saturated rings. The van der Waals surface area contributed by atoms with Crippen LogP contribution in [0.3, 0.4) is 0 Å². The minimum atomic E-state index is -2.23. The van der Waals surface area contributed by atoms with Crippen molar-refractivity contribution in [2.45, 2.75) is 140 Å². The number of hydrogen-bond acceptors (Lipinski definition) is 11. The van der Waals surface area contributed by atoms with Crippen LogP contribution < -0.4 is 11.2 Å². The van der Waals surface area contributed by atoms with E-state index in [0.29, 0.717) is 13.0 Å². The van der Waals surface area contributed by atoms with Crippen LogP contribution in [0.1, 0.15) is 59.8 Å². The lowest BCUT2D eigenvalue weighted by Gasteiger charge is -2.40. The maximum Gasteiger partial charge on any atom is 0.330 e. The topological polar surface area (TPSA) is 182 Å². The number of H-pyrrole nitrogens is 1. The first-order chi connectivity index (χ1) is 19.6. The lowest BCUT2D eigenvalue weighted by Crippen LogP contribution is -2.59. The standard InChI is InChI=1S/C28H52N2O11Si2/c1-27(2,3)42(7,8)38-15-19-17(41-43(9,10)28(4,5)6)11-20(39-19)30-12-16(24(35)29-26(30)36)14-37-25-23(34)22(33)21(32)18(13-31)40-25/h12,17-23,25,31-34H,11,13-15H2,1-10H3,(H,29,35,36)/t17-,18+,19+,20+,21+,22-,23+,25+/m0/s1. The van der Waals surface area contributed by atoms with E-state index in [4.69, 9.17) is 23.1 Å². The molecule has 2 aliphatic heterocycles. The highest BCUT2D eigenvalue weighted by atomic mass is 28.4. The first-order valence-corrected chi connectivity index (χ1v) is 20.6. The molecule has 1 aromatic heterocycles. The average molecular weight is 649 g/mol. The number of rotatable bonds is 10. The molecule has 3 rings (SSSR count). The van der Waals surface area contributed by atoms with Crippen molar-refractivity contribution in [1.82, 2.24) is 9.55 Å². The molecule has 0 bridgehead atoms. The van der Waals surface area contributed by atoms with E-state index in [1.165, 1.54) is 10.8 Å². The van der Waals surface area contributed by atoms with Crippen LogP contribution in [0.4, 0.5) is 0 Å². The Hall–Kier alpha value is -1.25. The molecular weight excluding hydrogens is 596 g/mol. The third-order valence-corrected chi connectivity index (χ3v) is 18.5. The molecule has 248 valence electrons. The Labute approximate surface area is 255 Å². The zero-order valence-electron chi connectivity index (χ0n) is 27.1. The summed E-state index contributed by atoms with van der Waals surface area (Å²) in [5, 5.41) is 39.7. The number of ether oxygens (including phenoxy) is 3. The fraction of sp³-hybridized carbons (Fsp3) is 0.857. The van der Waals surface area contributed by atoms with Gasteiger partial charge in [0.05, 0.1) is 31.5 Å². The summed E-state index contributed by atoms with van der Waals surface area (Å²) in [4.78, 5) is 28.0. The summed E-state index contributed by atoms with van der Waals surface area (Å²) in [6.45, 7) is 20.9. The average Bonchev–Trinajstić information content (AvgIpc) is 3.26. The summed E-state index contributed by atoms with van der Waals surface area (Å²) in [5.74, 6) is 0. The van der Waals surface area contributed by atoms with Gasteiger partial charge in [-0.15, -0.1) is 0 Å². The van der Waals surface area contributed by atoms with Gasteiger partial charge in [0.1, 0.15) is 36.7 Å². The van der Waals surface area contributed by atoms with Crippen molar-refractivity contribution in [2.24, 2.45) is 0 Å². The van der Waals surface area contributed by atoms with E-state index in [1.54, 1.807) is 0 Å². The Balaban J connectivity index is 1.85. The number of hydrogen-bond donors (Lipinski definition) is 5. The van der Waals surface area contributed by atoms with Gasteiger partial charge in [0.2, 0.25) is 0 Å². The summed E-state index contributed by atoms with van der Waals surface area (Å²) >= 11 is 0. The fourth-order valence-corrected chi connectivity index (χ4v) is 6.80. The largest absolute Gasteiger partial charge is 0.414 e. The van der Waals surface area contributed by atoms with Gasteiger partial charge < -0.3 is 43.5 Å². The van der Waals surface area contributed by atoms with Crippen LogP contribution in [0.15, 0.2) is 15.8 Å². The Morgan fingerprint density at radius 1 is 0.930 bits per heavy atom. The molecule has 0 radical (unpaired) electrons. The molecule has 0 spiro atoms. The molecule has 3 heterocycles. The third kappa shape index (κ3) is 8.13. The quantitative estimate of drug-likeness (QED) is 0.232. The highest BCUT2D eigenvalue weighted by Crippen LogP contribution is 2.42. The summed E-state index contributed by atoms with van der Waals surface area (Å²) < 4.78 is 31.9. The molecule has 8 atom stereocenters. The van der Waals surface area contributed by atoms with E-state index < -0.39 is 84.1 Å². The van der Waals surface area contributed by atoms with Crippen molar-refractivity contribution >= 4 is 16.6 Å². The van der Waals surface area contributed by atoms with Gasteiger partial charge in [0.25, 0.3) is 5.56 Å². The lowest BCUT2D eigenvalue weighted by molar-refractivity contribution is -0.304. The predicted octanol–water partition coefficient (Wildman–Crippen LogP) is 1.55. The molecule has 5 N–H and O–H groups in total. The molecule has 2 aliphatic rings. The molecule has 43 heavy (non-hydrogen) atoms. The van der Waals surface area contributed by atoms with Gasteiger partial charge in [-0.25, -0.2) is 4.79 Å². The van der Waals surface area contributed by atoms with E-state index in [1.807, 2.05) is 0 Å². The van der Waals surface area contributed by atoms with Gasteiger partial charge in [-0.3, -0.25) is 14.3 Å². The fourth-order valence-electron chi connectivity index (χ4n) is 4.43. The first-order valence-electron chi connectivity index (χ1n) is 14.8. The Bertz CT molecular complexity index is 1200. The van der Waals surface area contributed by atoms with Gasteiger partial charge in [-0.1, -0.05) is 41.5 Å². The maximum absolute atomic E-state index is 13.0. The minimum Gasteiger partial charge on any atom is -0.414 e. The second-order valence-electron chi connectivity index (χ2n) is 14.7. The van der Waals surface area contributed by atoms with Crippen molar-refractivity contribution in [3.05, 3.63) is 32.6 Å². The van der Waals surface area contributed by atoms with Crippen LogP contribution in [0.5, 0.6) is 0 Å². The third-order valence-electron chi connectivity index (χ3n) is 9.45. The second-order valence-corrected chi connectivity index (χ2v) is 24.2. The Morgan fingerprint density at radius 3 is 2.09 bits per heavy atom. The van der Waals surface area contributed by atoms with Gasteiger partial charge >= 0.3 is 5.69 Å². The normalized spacial score (nSPS) is 31.0. The Kier molecular flexibility index (Phi) is 11.2. The van der Waals surface area contributed by atoms with Crippen LogP contribution in [-0.2, 0) is 29.7 Å². The van der Waals surface area contributed by atoms with Gasteiger partial charge in [-0.2, -0.15) is 0 Å². The van der Waals surface area contributed by atoms with E-state index in [9.17, 15) is 30.0 Å². The summed E-state index contributed by atoms with van der Waals surface area (Å²) in [6, 6.07) is 0. The number of aliphatic hydroxyl groups excluding tert-OH is 4. The van der Waals surface area contributed by atoms with Crippen LogP contribution >= 0.6 is 0 Å². The molecule has 0 aromatic carbocycles. The van der Waals surface area contributed by atoms with E-state index in [0.717, 1.165) is 0 Å². The van der Waals surface area contributed by atoms with E-state index in [2.05, 4.69) is 72.7 Å². The number of nitrogens with one attached hydrogen (secondary N) is 1. The highest BCUT2D eigenvalue weighted by Gasteiger charge is 2.47. The molecule has 1 aromatic rings. The smallest absolute Gasteiger partial charge is 0.330 e. The highest BCUT2D eigenvalue weighted by molar-refractivity contribution is 6.74. The SMILES string of the molecule is CC(C)(C)[Si](C)(C)OC[C@H]1O[C@@H](n2cc(CO[C@@H]3O[C@H](CO)[C@@H](O)[C@H](O)[C@H]3O)c(=O)[nH]c2=O)C[C@@H]1O[Si](C)(C)C(C)(C)C. The van der Waals surface area contributed by atoms with Crippen LogP contribution in [-0.4, -0.2) is 103 Å². The molecular formula is C28H52N2O11Si2. The Morgan fingerprint density at radius 2 is 1.53 bits per heavy atom. The van der Waals surface area contributed by atoms with Gasteiger partial charge in [0, 0.05) is 12.6 Å². The number of nitrogens with zero attached hydrogens (tertiary/aromatic N) is 1. The monoisotopic (exact) mass is 648 g/mol. The van der Waals surface area contributed by atoms with Crippen molar-refractivity contribution in [2.75, 3.05) is 13.2 Å². The number of aromatic amines is 1. The lowest BCUT2D eigenvalue weighted by atomic mass is 9.99. The molecule has 0 amide bonds. The van der Waals surface area contributed by atoms with Crippen LogP contribution in [0.2, 0.25) is 36.3 Å². The zero-order valence-corrected chi connectivity index (χ0v) is 29.1. The number of aliphatic hydroxyl groups is 4. The van der Waals surface area contributed by atoms with Crippen LogP contribution in [0, 0.1) is 0 Å². The van der Waals surface area contributed by atoms with Gasteiger partial charge in [-0.05, 0) is 36.3 Å². The first kappa shape index (κ1) is 36.2. The van der Waals surface area contributed by atoms with Crippen molar-refractivity contribution in [3.8, 4) is 0 Å².